The Labute approximate surface area is 124 Å². The molecular formula is C12H12N4O4S. The number of hydrogen-bond acceptors (Lipinski definition) is 6. The second kappa shape index (κ2) is 6.35. The second-order valence-corrected chi connectivity index (χ2v) is 5.23. The first-order chi connectivity index (χ1) is 9.99. The summed E-state index contributed by atoms with van der Waals surface area (Å²) in [7, 11) is 0. The maximum atomic E-state index is 10.8. The van der Waals surface area contributed by atoms with Gasteiger partial charge in [0.25, 0.3) is 0 Å². The molecule has 0 fully saturated rings. The van der Waals surface area contributed by atoms with Gasteiger partial charge in [0.2, 0.25) is 0 Å². The van der Waals surface area contributed by atoms with E-state index in [1.54, 1.807) is 13.0 Å². The van der Waals surface area contributed by atoms with Crippen molar-refractivity contribution in [3.63, 3.8) is 0 Å². The molecule has 9 heteroatoms. The lowest BCUT2D eigenvalue weighted by Crippen LogP contribution is -2.07. The highest BCUT2D eigenvalue weighted by atomic mass is 32.2. The molecule has 0 aliphatic carbocycles. The molecule has 0 aromatic carbocycles. The van der Waals surface area contributed by atoms with Gasteiger partial charge in [0.15, 0.2) is 5.82 Å². The summed E-state index contributed by atoms with van der Waals surface area (Å²) in [5.74, 6) is 0.0831. The Balaban J connectivity index is 1.97. The molecule has 2 aromatic heterocycles. The smallest absolute Gasteiger partial charge is 0.342 e. The maximum Gasteiger partial charge on any atom is 0.342 e. The van der Waals surface area contributed by atoms with Gasteiger partial charge in [0.05, 0.1) is 10.6 Å². The van der Waals surface area contributed by atoms with Crippen LogP contribution in [0.1, 0.15) is 16.2 Å². The summed E-state index contributed by atoms with van der Waals surface area (Å²) < 4.78 is 1.53. The van der Waals surface area contributed by atoms with E-state index in [2.05, 4.69) is 9.97 Å². The van der Waals surface area contributed by atoms with Crippen molar-refractivity contribution in [1.29, 1.82) is 0 Å². The van der Waals surface area contributed by atoms with Gasteiger partial charge in [0.1, 0.15) is 12.7 Å². The highest BCUT2D eigenvalue weighted by molar-refractivity contribution is 7.99. The Morgan fingerprint density at radius 2 is 2.19 bits per heavy atom. The normalized spacial score (nSPS) is 10.5. The van der Waals surface area contributed by atoms with E-state index >= 15 is 0 Å². The van der Waals surface area contributed by atoms with E-state index in [9.17, 15) is 14.9 Å². The molecule has 2 heterocycles. The van der Waals surface area contributed by atoms with E-state index < -0.39 is 10.9 Å². The lowest BCUT2D eigenvalue weighted by atomic mass is 10.3. The maximum absolute atomic E-state index is 10.8. The third kappa shape index (κ3) is 3.57. The van der Waals surface area contributed by atoms with E-state index in [1.165, 1.54) is 34.8 Å². The molecule has 0 amide bonds. The number of carbonyl (C=O) groups is 1. The lowest BCUT2D eigenvalue weighted by Gasteiger charge is -2.03. The Morgan fingerprint density at radius 3 is 2.76 bits per heavy atom. The van der Waals surface area contributed by atoms with Crippen LogP contribution in [0.5, 0.6) is 0 Å². The van der Waals surface area contributed by atoms with Crippen LogP contribution in [0.2, 0.25) is 0 Å². The quantitative estimate of drug-likeness (QED) is 0.493. The molecule has 0 aliphatic heterocycles. The third-order valence-corrected chi connectivity index (χ3v) is 3.69. The number of rotatable bonds is 6. The lowest BCUT2D eigenvalue weighted by molar-refractivity contribution is -0.392. The standard InChI is InChI=1S/C12H12N4O4S/c1-8-13-7-11(16(19)20)15(8)4-5-21-10-3-2-9(6-14-10)12(17)18/h2-3,6-7H,4-5H2,1H3,(H,17,18). The van der Waals surface area contributed by atoms with Gasteiger partial charge in [0, 0.05) is 18.9 Å². The van der Waals surface area contributed by atoms with Gasteiger partial charge in [-0.25, -0.2) is 19.3 Å². The predicted molar refractivity (Wildman–Crippen MR) is 75.5 cm³/mol. The molecule has 0 saturated carbocycles. The molecule has 2 aromatic rings. The van der Waals surface area contributed by atoms with E-state index in [4.69, 9.17) is 5.11 Å². The monoisotopic (exact) mass is 308 g/mol. The zero-order valence-electron chi connectivity index (χ0n) is 11.1. The SMILES string of the molecule is Cc1ncc([N+](=O)[O-])n1CCSc1ccc(C(=O)O)cn1. The summed E-state index contributed by atoms with van der Waals surface area (Å²) in [6, 6.07) is 3.09. The van der Waals surface area contributed by atoms with Crippen LogP contribution in [0.25, 0.3) is 0 Å². The van der Waals surface area contributed by atoms with Crippen molar-refractivity contribution in [1.82, 2.24) is 14.5 Å². The number of aromatic carboxylic acids is 1. The zero-order valence-corrected chi connectivity index (χ0v) is 11.9. The van der Waals surface area contributed by atoms with Crippen LogP contribution in [0.15, 0.2) is 29.6 Å². The fourth-order valence-corrected chi connectivity index (χ4v) is 2.49. The van der Waals surface area contributed by atoms with Crippen LogP contribution in [0, 0.1) is 17.0 Å². The van der Waals surface area contributed by atoms with Gasteiger partial charge in [-0.05, 0) is 17.1 Å². The van der Waals surface area contributed by atoms with Crippen LogP contribution in [-0.4, -0.2) is 36.3 Å². The molecule has 0 aliphatic rings. The molecule has 0 radical (unpaired) electrons. The number of imidazole rings is 1. The van der Waals surface area contributed by atoms with Crippen molar-refractivity contribution in [2.45, 2.75) is 18.5 Å². The molecule has 0 bridgehead atoms. The van der Waals surface area contributed by atoms with Gasteiger partial charge in [-0.3, -0.25) is 0 Å². The molecular weight excluding hydrogens is 296 g/mol. The second-order valence-electron chi connectivity index (χ2n) is 4.11. The number of carboxylic acids is 1. The first-order valence-electron chi connectivity index (χ1n) is 5.97. The minimum Gasteiger partial charge on any atom is -0.478 e. The highest BCUT2D eigenvalue weighted by Gasteiger charge is 2.16. The summed E-state index contributed by atoms with van der Waals surface area (Å²) in [5, 5.41) is 20.3. The van der Waals surface area contributed by atoms with Crippen molar-refractivity contribution in [2.75, 3.05) is 5.75 Å². The Bertz CT molecular complexity index is 668. The number of pyridine rings is 1. The van der Waals surface area contributed by atoms with Crippen LogP contribution in [0.3, 0.4) is 0 Å². The molecule has 1 N–H and O–H groups in total. The molecule has 8 nitrogen and oxygen atoms in total. The molecule has 21 heavy (non-hydrogen) atoms. The molecule has 0 spiro atoms. The largest absolute Gasteiger partial charge is 0.478 e. The fourth-order valence-electron chi connectivity index (χ4n) is 1.71. The van der Waals surface area contributed by atoms with Gasteiger partial charge >= 0.3 is 11.8 Å². The first-order valence-corrected chi connectivity index (χ1v) is 6.96. The summed E-state index contributed by atoms with van der Waals surface area (Å²) >= 11 is 1.39. The summed E-state index contributed by atoms with van der Waals surface area (Å²) in [6.07, 6.45) is 2.52. The van der Waals surface area contributed by atoms with E-state index in [0.29, 0.717) is 23.1 Å². The number of carboxylic acid groups (broad SMARTS) is 1. The first kappa shape index (κ1) is 15.0. The van der Waals surface area contributed by atoms with Crippen LogP contribution >= 0.6 is 11.8 Å². The molecule has 0 unspecified atom stereocenters. The van der Waals surface area contributed by atoms with E-state index in [0.717, 1.165) is 0 Å². The van der Waals surface area contributed by atoms with E-state index in [1.807, 2.05) is 0 Å². The molecule has 2 rings (SSSR count). The predicted octanol–water partition coefficient (Wildman–Crippen LogP) is 1.99. The molecule has 110 valence electrons. The summed E-state index contributed by atoms with van der Waals surface area (Å²) in [6.45, 7) is 2.13. The summed E-state index contributed by atoms with van der Waals surface area (Å²) in [5.41, 5.74) is 0.125. The Kier molecular flexibility index (Phi) is 4.53. The fraction of sp³-hybridized carbons (Fsp3) is 0.250. The number of nitrogens with zero attached hydrogens (tertiary/aromatic N) is 4. The van der Waals surface area contributed by atoms with Gasteiger partial charge < -0.3 is 15.2 Å². The average molecular weight is 308 g/mol. The van der Waals surface area contributed by atoms with Crippen molar-refractivity contribution < 1.29 is 14.8 Å². The minimum absolute atomic E-state index is 0.0396. The van der Waals surface area contributed by atoms with Crippen molar-refractivity contribution in [3.05, 3.63) is 46.0 Å². The topological polar surface area (TPSA) is 111 Å². The van der Waals surface area contributed by atoms with Crippen LogP contribution in [0.4, 0.5) is 5.82 Å². The third-order valence-electron chi connectivity index (χ3n) is 2.77. The number of hydrogen-bond donors (Lipinski definition) is 1. The van der Waals surface area contributed by atoms with Gasteiger partial charge in [-0.2, -0.15) is 0 Å². The number of thioether (sulfide) groups is 1. The number of nitro groups is 1. The highest BCUT2D eigenvalue weighted by Crippen LogP contribution is 2.19. The van der Waals surface area contributed by atoms with Crippen molar-refractivity contribution in [3.8, 4) is 0 Å². The minimum atomic E-state index is -1.02. The summed E-state index contributed by atoms with van der Waals surface area (Å²) in [4.78, 5) is 29.0. The van der Waals surface area contributed by atoms with Crippen LogP contribution < -0.4 is 0 Å². The average Bonchev–Trinajstić information content (AvgIpc) is 2.81. The molecule has 0 atom stereocenters. The van der Waals surface area contributed by atoms with Gasteiger partial charge in [-0.1, -0.05) is 0 Å². The van der Waals surface area contributed by atoms with Crippen LogP contribution in [-0.2, 0) is 6.54 Å². The Hall–Kier alpha value is -2.42. The van der Waals surface area contributed by atoms with Crippen molar-refractivity contribution in [2.24, 2.45) is 0 Å². The zero-order chi connectivity index (χ0) is 15.4. The molecule has 0 saturated heterocycles. The Morgan fingerprint density at radius 1 is 1.43 bits per heavy atom. The van der Waals surface area contributed by atoms with E-state index in [-0.39, 0.29) is 11.4 Å². The number of aryl methyl sites for hydroxylation is 1. The van der Waals surface area contributed by atoms with Gasteiger partial charge in [-0.15, -0.1) is 11.8 Å². The number of aromatic nitrogens is 3. The van der Waals surface area contributed by atoms with Crippen molar-refractivity contribution >= 4 is 23.5 Å².